The fourth-order valence-corrected chi connectivity index (χ4v) is 3.94. The van der Waals surface area contributed by atoms with E-state index in [9.17, 15) is 0 Å². The van der Waals surface area contributed by atoms with E-state index in [0.717, 1.165) is 59.5 Å². The number of halogens is 1. The summed E-state index contributed by atoms with van der Waals surface area (Å²) in [4.78, 5) is 4.68. The molecule has 0 bridgehead atoms. The molecule has 0 spiro atoms. The summed E-state index contributed by atoms with van der Waals surface area (Å²) in [6.07, 6.45) is 0.982. The smallest absolute Gasteiger partial charge is 0.143 e. The molecular formula is C25H27ClN2O2. The fraction of sp³-hybridized carbons (Fsp3) is 0.280. The average molecular weight is 423 g/mol. The van der Waals surface area contributed by atoms with Crippen molar-refractivity contribution in [1.29, 1.82) is 0 Å². The molecule has 0 aliphatic carbocycles. The van der Waals surface area contributed by atoms with Crippen molar-refractivity contribution in [2.45, 2.75) is 13.0 Å². The number of fused-ring (bicyclic) bond motifs is 2. The maximum Gasteiger partial charge on any atom is 0.143 e. The van der Waals surface area contributed by atoms with Crippen molar-refractivity contribution in [3.8, 4) is 11.5 Å². The first-order valence-corrected chi connectivity index (χ1v) is 10.6. The highest BCUT2D eigenvalue weighted by molar-refractivity contribution is 6.30. The highest BCUT2D eigenvalue weighted by atomic mass is 35.5. The first kappa shape index (κ1) is 20.6. The van der Waals surface area contributed by atoms with Gasteiger partial charge >= 0.3 is 0 Å². The van der Waals surface area contributed by atoms with Gasteiger partial charge in [-0.3, -0.25) is 0 Å². The third kappa shape index (κ3) is 4.72. The van der Waals surface area contributed by atoms with E-state index in [-0.39, 0.29) is 0 Å². The number of likely N-dealkylation sites (N-methyl/N-ethyl adjacent to an activating group) is 1. The van der Waals surface area contributed by atoms with E-state index >= 15 is 0 Å². The molecule has 0 saturated carbocycles. The molecule has 30 heavy (non-hydrogen) atoms. The minimum atomic E-state index is 0.547. The number of nitrogens with zero attached hydrogens (tertiary/aromatic N) is 2. The Bertz CT molecular complexity index is 1010. The van der Waals surface area contributed by atoms with Crippen LogP contribution in [0.3, 0.4) is 0 Å². The van der Waals surface area contributed by atoms with Crippen molar-refractivity contribution >= 4 is 23.0 Å². The number of hydrogen-bond donors (Lipinski definition) is 0. The number of ether oxygens (including phenoxy) is 2. The largest absolute Gasteiger partial charge is 0.497 e. The molecular weight excluding hydrogens is 396 g/mol. The normalized spacial score (nSPS) is 12.7. The third-order valence-electron chi connectivity index (χ3n) is 5.50. The Balaban J connectivity index is 1.47. The monoisotopic (exact) mass is 422 g/mol. The number of hydrogen-bond acceptors (Lipinski definition) is 4. The van der Waals surface area contributed by atoms with Crippen molar-refractivity contribution in [2.75, 3.05) is 38.7 Å². The van der Waals surface area contributed by atoms with Crippen LogP contribution in [-0.4, -0.2) is 38.7 Å². The molecule has 3 aromatic carbocycles. The first-order chi connectivity index (χ1) is 14.6. The maximum atomic E-state index is 6.34. The Morgan fingerprint density at radius 3 is 2.73 bits per heavy atom. The summed E-state index contributed by atoms with van der Waals surface area (Å²) < 4.78 is 11.4. The van der Waals surface area contributed by atoms with Gasteiger partial charge in [-0.2, -0.15) is 0 Å². The lowest BCUT2D eigenvalue weighted by Crippen LogP contribution is -2.32. The van der Waals surface area contributed by atoms with Crippen molar-refractivity contribution in [2.24, 2.45) is 0 Å². The second-order valence-corrected chi connectivity index (χ2v) is 8.02. The van der Waals surface area contributed by atoms with Crippen LogP contribution in [0.4, 0.5) is 11.4 Å². The Morgan fingerprint density at radius 1 is 1.00 bits per heavy atom. The number of benzene rings is 3. The molecule has 1 heterocycles. The first-order valence-electron chi connectivity index (χ1n) is 10.2. The predicted octanol–water partition coefficient (Wildman–Crippen LogP) is 5.55. The van der Waals surface area contributed by atoms with Crippen molar-refractivity contribution in [1.82, 2.24) is 4.90 Å². The molecule has 1 aliphatic rings. The van der Waals surface area contributed by atoms with Crippen LogP contribution in [0.1, 0.15) is 11.1 Å². The lowest BCUT2D eigenvalue weighted by Gasteiger charge is -2.28. The lowest BCUT2D eigenvalue weighted by molar-refractivity contribution is 0.310. The van der Waals surface area contributed by atoms with E-state index in [1.54, 1.807) is 7.11 Å². The second-order valence-electron chi connectivity index (χ2n) is 7.59. The van der Waals surface area contributed by atoms with Gasteiger partial charge in [-0.25, -0.2) is 0 Å². The number of anilines is 2. The Labute approximate surface area is 183 Å². The van der Waals surface area contributed by atoms with Crippen molar-refractivity contribution in [3.05, 3.63) is 82.9 Å². The van der Waals surface area contributed by atoms with Crippen LogP contribution in [0.15, 0.2) is 66.7 Å². The minimum Gasteiger partial charge on any atom is -0.497 e. The van der Waals surface area contributed by atoms with Gasteiger partial charge in [0.2, 0.25) is 0 Å². The summed E-state index contributed by atoms with van der Waals surface area (Å²) in [6, 6.07) is 22.5. The molecule has 156 valence electrons. The summed E-state index contributed by atoms with van der Waals surface area (Å²) in [5.41, 5.74) is 4.63. The molecule has 0 N–H and O–H groups in total. The van der Waals surface area contributed by atoms with Gasteiger partial charge in [0.1, 0.15) is 18.1 Å². The molecule has 0 atom stereocenters. The van der Waals surface area contributed by atoms with Crippen LogP contribution >= 0.6 is 11.6 Å². The molecule has 0 fully saturated rings. The fourth-order valence-electron chi connectivity index (χ4n) is 3.77. The SMILES string of the molecule is COc1cccc(CCN(C)CCN2c3cc(Cl)ccc3COc3ccccc32)c1. The summed E-state index contributed by atoms with van der Waals surface area (Å²) in [5.74, 6) is 1.81. The molecule has 0 aromatic heterocycles. The molecule has 0 radical (unpaired) electrons. The summed E-state index contributed by atoms with van der Waals surface area (Å²) in [7, 11) is 3.87. The van der Waals surface area contributed by atoms with Gasteiger partial charge in [0.15, 0.2) is 0 Å². The van der Waals surface area contributed by atoms with Crippen LogP contribution in [0.5, 0.6) is 11.5 Å². The second kappa shape index (κ2) is 9.41. The predicted molar refractivity (Wildman–Crippen MR) is 123 cm³/mol. The van der Waals surface area contributed by atoms with Crippen LogP contribution in [0.25, 0.3) is 0 Å². The zero-order chi connectivity index (χ0) is 20.9. The van der Waals surface area contributed by atoms with E-state index in [4.69, 9.17) is 21.1 Å². The molecule has 0 saturated heterocycles. The lowest BCUT2D eigenvalue weighted by atomic mass is 10.1. The van der Waals surface area contributed by atoms with Gasteiger partial charge in [0.25, 0.3) is 0 Å². The van der Waals surface area contributed by atoms with Crippen LogP contribution in [0.2, 0.25) is 5.02 Å². The van der Waals surface area contributed by atoms with Crippen LogP contribution < -0.4 is 14.4 Å². The number of methoxy groups -OCH3 is 1. The molecule has 0 amide bonds. The highest BCUT2D eigenvalue weighted by Gasteiger charge is 2.22. The summed E-state index contributed by atoms with van der Waals surface area (Å²) >= 11 is 6.34. The zero-order valence-electron chi connectivity index (χ0n) is 17.5. The molecule has 3 aromatic rings. The topological polar surface area (TPSA) is 24.9 Å². The quantitative estimate of drug-likeness (QED) is 0.498. The minimum absolute atomic E-state index is 0.547. The Kier molecular flexibility index (Phi) is 6.46. The Hall–Kier alpha value is -2.69. The maximum absolute atomic E-state index is 6.34. The van der Waals surface area contributed by atoms with Crippen LogP contribution in [0, 0.1) is 0 Å². The molecule has 4 nitrogen and oxygen atoms in total. The van der Waals surface area contributed by atoms with E-state index in [1.807, 2.05) is 36.4 Å². The average Bonchev–Trinajstić information content (AvgIpc) is 2.93. The van der Waals surface area contributed by atoms with Gasteiger partial charge < -0.3 is 19.3 Å². The van der Waals surface area contributed by atoms with E-state index in [0.29, 0.717) is 6.61 Å². The van der Waals surface area contributed by atoms with Gasteiger partial charge in [-0.15, -0.1) is 0 Å². The standard InChI is InChI=1S/C25H27ClN2O2/c1-27(13-12-19-6-5-7-22(16-19)29-2)14-15-28-23-8-3-4-9-25(23)30-18-20-10-11-21(26)17-24(20)28/h3-11,16-17H,12-15,18H2,1-2H3. The highest BCUT2D eigenvalue weighted by Crippen LogP contribution is 2.40. The number of rotatable bonds is 7. The van der Waals surface area contributed by atoms with Gasteiger partial charge in [-0.1, -0.05) is 41.9 Å². The summed E-state index contributed by atoms with van der Waals surface area (Å²) in [6.45, 7) is 3.29. The number of para-hydroxylation sites is 2. The van der Waals surface area contributed by atoms with E-state index in [2.05, 4.69) is 47.2 Å². The van der Waals surface area contributed by atoms with Crippen molar-refractivity contribution in [3.63, 3.8) is 0 Å². The van der Waals surface area contributed by atoms with Gasteiger partial charge in [0, 0.05) is 35.9 Å². The van der Waals surface area contributed by atoms with Gasteiger partial charge in [-0.05, 0) is 55.4 Å². The van der Waals surface area contributed by atoms with E-state index in [1.165, 1.54) is 5.56 Å². The molecule has 4 rings (SSSR count). The molecule has 1 aliphatic heterocycles. The summed E-state index contributed by atoms with van der Waals surface area (Å²) in [5, 5.41) is 0.740. The van der Waals surface area contributed by atoms with Crippen LogP contribution in [-0.2, 0) is 13.0 Å². The Morgan fingerprint density at radius 2 is 1.87 bits per heavy atom. The van der Waals surface area contributed by atoms with Crippen molar-refractivity contribution < 1.29 is 9.47 Å². The molecule has 0 unspecified atom stereocenters. The zero-order valence-corrected chi connectivity index (χ0v) is 18.2. The van der Waals surface area contributed by atoms with Gasteiger partial charge in [0.05, 0.1) is 12.8 Å². The molecule has 5 heteroatoms. The van der Waals surface area contributed by atoms with E-state index < -0.39 is 0 Å². The third-order valence-corrected chi connectivity index (χ3v) is 5.73.